The monoisotopic (exact) mass is 414 g/mol. The Bertz CT molecular complexity index is 670. The summed E-state index contributed by atoms with van der Waals surface area (Å²) in [7, 11) is 6.26. The van der Waals surface area contributed by atoms with Crippen molar-refractivity contribution in [1.82, 2.24) is 0 Å². The Morgan fingerprint density at radius 1 is 0.640 bits per heavy atom. The van der Waals surface area contributed by atoms with Crippen LogP contribution in [0.2, 0.25) is 0 Å². The van der Waals surface area contributed by atoms with Crippen LogP contribution in [0.15, 0.2) is 24.3 Å². The number of aliphatic hydroxyl groups excluding tert-OH is 2. The van der Waals surface area contributed by atoms with Crippen LogP contribution in [0.5, 0.6) is 23.0 Å². The zero-order valence-electron chi connectivity index (χ0n) is 14.7. The van der Waals surface area contributed by atoms with E-state index in [0.717, 1.165) is 20.1 Å². The summed E-state index contributed by atoms with van der Waals surface area (Å²) in [6.45, 7) is -0.224. The molecule has 0 radical (unpaired) electrons. The van der Waals surface area contributed by atoms with Crippen LogP contribution in [0.25, 0.3) is 0 Å². The maximum absolute atomic E-state index is 9.71. The molecule has 0 spiro atoms. The van der Waals surface area contributed by atoms with Crippen molar-refractivity contribution in [3.63, 3.8) is 0 Å². The molecule has 0 atom stereocenters. The summed E-state index contributed by atoms with van der Waals surface area (Å²) in [5.41, 5.74) is 1.52. The fraction of sp³-hybridized carbons (Fsp3) is 0.333. The Morgan fingerprint density at radius 3 is 1.24 bits per heavy atom. The van der Waals surface area contributed by atoms with Crippen LogP contribution in [-0.2, 0) is 13.2 Å². The molecule has 0 fully saturated rings. The second-order valence-electron chi connectivity index (χ2n) is 5.05. The standard InChI is InChI=1S/C18H22O6Se/c1-21-13-5-11(9-19)17(7-15(13)23-3)25-18-8-16(24-4)14(22-2)6-12(18)10-20/h5-8,19-20H,9-10H2,1-4H3. The fourth-order valence-electron chi connectivity index (χ4n) is 2.36. The van der Waals surface area contributed by atoms with Crippen LogP contribution >= 0.6 is 0 Å². The van der Waals surface area contributed by atoms with Crippen LogP contribution in [0, 0.1) is 0 Å². The molecule has 0 aliphatic heterocycles. The van der Waals surface area contributed by atoms with Crippen molar-refractivity contribution in [2.24, 2.45) is 0 Å². The molecule has 0 amide bonds. The predicted molar refractivity (Wildman–Crippen MR) is 96.0 cm³/mol. The number of aliphatic hydroxyl groups is 2. The minimum absolute atomic E-state index is 0.112. The topological polar surface area (TPSA) is 77.4 Å². The van der Waals surface area contributed by atoms with Gasteiger partial charge < -0.3 is 0 Å². The number of hydrogen-bond acceptors (Lipinski definition) is 6. The van der Waals surface area contributed by atoms with E-state index in [1.54, 1.807) is 40.6 Å². The molecule has 0 unspecified atom stereocenters. The first-order valence-corrected chi connectivity index (χ1v) is 9.22. The van der Waals surface area contributed by atoms with Crippen molar-refractivity contribution in [1.29, 1.82) is 0 Å². The van der Waals surface area contributed by atoms with Crippen LogP contribution in [0.1, 0.15) is 11.1 Å². The molecule has 0 saturated heterocycles. The molecule has 2 N–H and O–H groups in total. The summed E-state index contributed by atoms with van der Waals surface area (Å²) >= 11 is -0.185. The summed E-state index contributed by atoms with van der Waals surface area (Å²) < 4.78 is 23.2. The molecular formula is C18H22O6Se. The fourth-order valence-corrected chi connectivity index (χ4v) is 4.62. The summed E-state index contributed by atoms with van der Waals surface area (Å²) in [5.74, 6) is 2.34. The number of ether oxygens (including phenoxy) is 4. The third-order valence-corrected chi connectivity index (χ3v) is 6.21. The van der Waals surface area contributed by atoms with Gasteiger partial charge in [-0.1, -0.05) is 0 Å². The zero-order chi connectivity index (χ0) is 18.4. The predicted octanol–water partition coefficient (Wildman–Crippen LogP) is 0.361. The van der Waals surface area contributed by atoms with Crippen molar-refractivity contribution in [2.45, 2.75) is 13.2 Å². The molecule has 7 heteroatoms. The third-order valence-electron chi connectivity index (χ3n) is 3.69. The summed E-state index contributed by atoms with van der Waals surface area (Å²) in [6.07, 6.45) is 0. The number of rotatable bonds is 8. The molecule has 136 valence electrons. The first-order valence-electron chi connectivity index (χ1n) is 7.51. The first-order chi connectivity index (χ1) is 12.1. The van der Waals surface area contributed by atoms with E-state index in [0.29, 0.717) is 23.0 Å². The summed E-state index contributed by atoms with van der Waals surface area (Å²) in [5, 5.41) is 19.4. The van der Waals surface area contributed by atoms with Crippen molar-refractivity contribution in [2.75, 3.05) is 28.4 Å². The molecule has 0 saturated carbocycles. The third kappa shape index (κ3) is 4.19. The van der Waals surface area contributed by atoms with Crippen LogP contribution in [0.3, 0.4) is 0 Å². The Balaban J connectivity index is 2.51. The van der Waals surface area contributed by atoms with Gasteiger partial charge in [-0.2, -0.15) is 0 Å². The normalized spacial score (nSPS) is 10.5. The molecule has 2 aromatic carbocycles. The second-order valence-corrected chi connectivity index (χ2v) is 7.32. The van der Waals surface area contributed by atoms with E-state index < -0.39 is 0 Å². The van der Waals surface area contributed by atoms with Gasteiger partial charge in [0.05, 0.1) is 0 Å². The Labute approximate surface area is 153 Å². The Kier molecular flexibility index (Phi) is 6.96. The molecule has 2 rings (SSSR count). The van der Waals surface area contributed by atoms with Gasteiger partial charge in [0.1, 0.15) is 0 Å². The first kappa shape index (κ1) is 19.4. The van der Waals surface area contributed by atoms with Crippen LogP contribution in [0.4, 0.5) is 0 Å². The van der Waals surface area contributed by atoms with Crippen molar-refractivity contribution in [3.05, 3.63) is 35.4 Å². The maximum atomic E-state index is 9.71. The van der Waals surface area contributed by atoms with Gasteiger partial charge in [0, 0.05) is 0 Å². The minimum atomic E-state index is -0.185. The molecule has 6 nitrogen and oxygen atoms in total. The van der Waals surface area contributed by atoms with Gasteiger partial charge in [0.25, 0.3) is 0 Å². The molecule has 2 aromatic rings. The Morgan fingerprint density at radius 2 is 0.960 bits per heavy atom. The quantitative estimate of drug-likeness (QED) is 0.609. The van der Waals surface area contributed by atoms with E-state index in [1.807, 2.05) is 12.1 Å². The van der Waals surface area contributed by atoms with Crippen molar-refractivity contribution in [3.8, 4) is 23.0 Å². The molecule has 0 aromatic heterocycles. The molecule has 0 aliphatic rings. The van der Waals surface area contributed by atoms with Gasteiger partial charge in [0.2, 0.25) is 0 Å². The molecule has 0 bridgehead atoms. The van der Waals surface area contributed by atoms with Gasteiger partial charge in [-0.05, 0) is 0 Å². The van der Waals surface area contributed by atoms with Gasteiger partial charge >= 0.3 is 153 Å². The number of methoxy groups -OCH3 is 4. The van der Waals surface area contributed by atoms with Crippen molar-refractivity contribution < 1.29 is 29.2 Å². The molecule has 0 aliphatic carbocycles. The van der Waals surface area contributed by atoms with E-state index in [-0.39, 0.29) is 28.2 Å². The summed E-state index contributed by atoms with van der Waals surface area (Å²) in [6, 6.07) is 7.27. The van der Waals surface area contributed by atoms with E-state index in [9.17, 15) is 10.2 Å². The van der Waals surface area contributed by atoms with Gasteiger partial charge in [-0.25, -0.2) is 0 Å². The molecule has 25 heavy (non-hydrogen) atoms. The SMILES string of the molecule is COc1cc(CO)c([Se]c2cc(OC)c(OC)cc2CO)cc1OC. The van der Waals surface area contributed by atoms with Gasteiger partial charge in [-0.15, -0.1) is 0 Å². The Hall–Kier alpha value is -1.92. The summed E-state index contributed by atoms with van der Waals surface area (Å²) in [4.78, 5) is 0. The molecular weight excluding hydrogens is 391 g/mol. The van der Waals surface area contributed by atoms with Crippen LogP contribution < -0.4 is 27.9 Å². The van der Waals surface area contributed by atoms with Gasteiger partial charge in [-0.3, -0.25) is 0 Å². The number of hydrogen-bond donors (Lipinski definition) is 2. The van der Waals surface area contributed by atoms with Gasteiger partial charge in [0.15, 0.2) is 0 Å². The van der Waals surface area contributed by atoms with Crippen molar-refractivity contribution >= 4 is 23.9 Å². The average Bonchev–Trinajstić information content (AvgIpc) is 2.66. The van der Waals surface area contributed by atoms with E-state index in [2.05, 4.69) is 0 Å². The number of benzene rings is 2. The zero-order valence-corrected chi connectivity index (χ0v) is 16.4. The van der Waals surface area contributed by atoms with E-state index in [4.69, 9.17) is 18.9 Å². The molecule has 0 heterocycles. The van der Waals surface area contributed by atoms with Crippen LogP contribution in [-0.4, -0.2) is 53.6 Å². The second kappa shape index (κ2) is 8.97. The van der Waals surface area contributed by atoms with E-state index in [1.165, 1.54) is 0 Å². The average molecular weight is 413 g/mol. The van der Waals surface area contributed by atoms with E-state index >= 15 is 0 Å².